The van der Waals surface area contributed by atoms with Gasteiger partial charge in [0, 0.05) is 24.7 Å². The van der Waals surface area contributed by atoms with Gasteiger partial charge < -0.3 is 4.90 Å². The highest BCUT2D eigenvalue weighted by Crippen LogP contribution is 2.24. The highest BCUT2D eigenvalue weighted by molar-refractivity contribution is 7.89. The Labute approximate surface area is 172 Å². The quantitative estimate of drug-likeness (QED) is 0.798. The molecule has 1 aliphatic heterocycles. The van der Waals surface area contributed by atoms with E-state index in [2.05, 4.69) is 35.7 Å². The maximum Gasteiger partial charge on any atom is 0.253 e. The molecule has 1 aromatic heterocycles. The van der Waals surface area contributed by atoms with E-state index < -0.39 is 10.0 Å². The highest BCUT2D eigenvalue weighted by atomic mass is 32.2. The van der Waals surface area contributed by atoms with Crippen LogP contribution in [0.5, 0.6) is 0 Å². The van der Waals surface area contributed by atoms with Gasteiger partial charge in [-0.1, -0.05) is 32.9 Å². The molecule has 0 spiro atoms. The smallest absolute Gasteiger partial charge is 0.253 e. The molecule has 1 aliphatic rings. The number of hydrogen-bond acceptors (Lipinski definition) is 4. The summed E-state index contributed by atoms with van der Waals surface area (Å²) >= 11 is 0. The van der Waals surface area contributed by atoms with Gasteiger partial charge in [0.25, 0.3) is 5.91 Å². The molecule has 2 N–H and O–H groups in total. The fourth-order valence-electron chi connectivity index (χ4n) is 3.71. The second kappa shape index (κ2) is 7.91. The number of amides is 1. The normalized spacial score (nSPS) is 16.2. The number of aromatic amines is 1. The van der Waals surface area contributed by atoms with Gasteiger partial charge in [-0.15, -0.1) is 0 Å². The Morgan fingerprint density at radius 3 is 2.21 bits per heavy atom. The number of hydrogen-bond donors (Lipinski definition) is 2. The van der Waals surface area contributed by atoms with Gasteiger partial charge in [0.1, 0.15) is 4.90 Å². The van der Waals surface area contributed by atoms with Gasteiger partial charge in [0.2, 0.25) is 10.0 Å². The summed E-state index contributed by atoms with van der Waals surface area (Å²) in [5, 5.41) is 6.68. The van der Waals surface area contributed by atoms with Gasteiger partial charge in [0.15, 0.2) is 0 Å². The first-order valence-corrected chi connectivity index (χ1v) is 11.4. The lowest BCUT2D eigenvalue weighted by Gasteiger charge is -2.32. The summed E-state index contributed by atoms with van der Waals surface area (Å²) in [5.41, 5.74) is 2.89. The van der Waals surface area contributed by atoms with Gasteiger partial charge >= 0.3 is 0 Å². The van der Waals surface area contributed by atoms with E-state index in [0.29, 0.717) is 42.9 Å². The van der Waals surface area contributed by atoms with Crippen LogP contribution < -0.4 is 4.72 Å². The summed E-state index contributed by atoms with van der Waals surface area (Å²) < 4.78 is 28.2. The summed E-state index contributed by atoms with van der Waals surface area (Å²) in [5.74, 6) is -0.00621. The van der Waals surface area contributed by atoms with Gasteiger partial charge in [0.05, 0.1) is 11.4 Å². The van der Waals surface area contributed by atoms with E-state index >= 15 is 0 Å². The SMILES string of the molecule is Cc1n[nH]c(C)c1S(=O)(=O)NC1CCN(C(=O)c2ccc(C(C)(C)C)cc2)CC1. The zero-order chi connectivity index (χ0) is 21.4. The molecule has 1 fully saturated rings. The van der Waals surface area contributed by atoms with Crippen molar-refractivity contribution in [3.8, 4) is 0 Å². The number of aromatic nitrogens is 2. The van der Waals surface area contributed by atoms with Crippen LogP contribution in [0.25, 0.3) is 0 Å². The van der Waals surface area contributed by atoms with E-state index in [0.717, 1.165) is 0 Å². The van der Waals surface area contributed by atoms with Crippen LogP contribution in [0.15, 0.2) is 29.2 Å². The second-order valence-corrected chi connectivity index (χ2v) is 10.4. The van der Waals surface area contributed by atoms with Crippen molar-refractivity contribution in [2.75, 3.05) is 13.1 Å². The zero-order valence-electron chi connectivity index (χ0n) is 17.7. The molecule has 1 amide bonds. The third-order valence-electron chi connectivity index (χ3n) is 5.43. The Hall–Kier alpha value is -2.19. The van der Waals surface area contributed by atoms with Gasteiger partial charge in [-0.05, 0) is 49.8 Å². The van der Waals surface area contributed by atoms with Crippen molar-refractivity contribution >= 4 is 15.9 Å². The fourth-order valence-corrected chi connectivity index (χ4v) is 5.39. The Morgan fingerprint density at radius 1 is 1.14 bits per heavy atom. The number of rotatable bonds is 4. The zero-order valence-corrected chi connectivity index (χ0v) is 18.6. The Morgan fingerprint density at radius 2 is 1.72 bits per heavy atom. The van der Waals surface area contributed by atoms with Crippen LogP contribution >= 0.6 is 0 Å². The maximum absolute atomic E-state index is 12.8. The third kappa shape index (κ3) is 4.70. The van der Waals surface area contributed by atoms with Crippen molar-refractivity contribution in [2.24, 2.45) is 0 Å². The summed E-state index contributed by atoms with van der Waals surface area (Å²) in [7, 11) is -3.63. The van der Waals surface area contributed by atoms with Crippen molar-refractivity contribution in [3.05, 3.63) is 46.8 Å². The average molecular weight is 419 g/mol. The lowest BCUT2D eigenvalue weighted by atomic mass is 9.86. The number of benzene rings is 1. The summed E-state index contributed by atoms with van der Waals surface area (Å²) in [4.78, 5) is 14.8. The number of piperidine rings is 1. The number of carbonyl (C=O) groups is 1. The van der Waals surface area contributed by atoms with Gasteiger partial charge in [-0.3, -0.25) is 9.89 Å². The lowest BCUT2D eigenvalue weighted by molar-refractivity contribution is 0.0711. The van der Waals surface area contributed by atoms with Crippen LogP contribution in [0.2, 0.25) is 0 Å². The van der Waals surface area contributed by atoms with E-state index in [9.17, 15) is 13.2 Å². The molecule has 2 heterocycles. The van der Waals surface area contributed by atoms with Crippen LogP contribution in [0.1, 0.15) is 60.9 Å². The Bertz CT molecular complexity index is 960. The molecule has 158 valence electrons. The van der Waals surface area contributed by atoms with Crippen LogP contribution in [-0.2, 0) is 15.4 Å². The van der Waals surface area contributed by atoms with Crippen LogP contribution in [0.3, 0.4) is 0 Å². The minimum absolute atomic E-state index is 0.00621. The molecule has 0 atom stereocenters. The number of nitrogens with zero attached hydrogens (tertiary/aromatic N) is 2. The van der Waals surface area contributed by atoms with Gasteiger partial charge in [-0.25, -0.2) is 13.1 Å². The molecule has 0 radical (unpaired) electrons. The first kappa shape index (κ1) is 21.5. The van der Waals surface area contributed by atoms with Crippen molar-refractivity contribution in [1.82, 2.24) is 19.8 Å². The third-order valence-corrected chi connectivity index (χ3v) is 7.21. The molecule has 1 aromatic carbocycles. The first-order valence-electron chi connectivity index (χ1n) is 9.93. The first-order chi connectivity index (χ1) is 13.5. The van der Waals surface area contributed by atoms with E-state index in [1.165, 1.54) is 5.56 Å². The minimum atomic E-state index is -3.63. The predicted molar refractivity (Wildman–Crippen MR) is 112 cm³/mol. The molecular weight excluding hydrogens is 388 g/mol. The van der Waals surface area contributed by atoms with E-state index in [1.807, 2.05) is 24.3 Å². The molecule has 2 aromatic rings. The lowest BCUT2D eigenvalue weighted by Crippen LogP contribution is -2.46. The maximum atomic E-state index is 12.8. The Kier molecular flexibility index (Phi) is 5.87. The molecule has 0 aliphatic carbocycles. The standard InChI is InChI=1S/C21H30N4O3S/c1-14-19(15(2)23-22-14)29(27,28)24-18-10-12-25(13-11-18)20(26)16-6-8-17(9-7-16)21(3,4)5/h6-9,18,24H,10-13H2,1-5H3,(H,22,23). The van der Waals surface area contributed by atoms with Crippen molar-refractivity contribution < 1.29 is 13.2 Å². The number of carbonyl (C=O) groups excluding carboxylic acids is 1. The number of H-pyrrole nitrogens is 1. The largest absolute Gasteiger partial charge is 0.339 e. The predicted octanol–water partition coefficient (Wildman–Crippen LogP) is 2.91. The number of likely N-dealkylation sites (tertiary alicyclic amines) is 1. The Balaban J connectivity index is 1.61. The fraction of sp³-hybridized carbons (Fsp3) is 0.524. The molecule has 0 saturated carbocycles. The number of aryl methyl sites for hydroxylation is 2. The minimum Gasteiger partial charge on any atom is -0.339 e. The molecule has 7 nitrogen and oxygen atoms in total. The molecule has 0 bridgehead atoms. The van der Waals surface area contributed by atoms with Gasteiger partial charge in [-0.2, -0.15) is 5.10 Å². The number of sulfonamides is 1. The topological polar surface area (TPSA) is 95.2 Å². The second-order valence-electron chi connectivity index (χ2n) is 8.78. The summed E-state index contributed by atoms with van der Waals surface area (Å²) in [6.45, 7) is 10.8. The van der Waals surface area contributed by atoms with Crippen molar-refractivity contribution in [1.29, 1.82) is 0 Å². The molecular formula is C21H30N4O3S. The van der Waals surface area contributed by atoms with E-state index in [-0.39, 0.29) is 22.3 Å². The van der Waals surface area contributed by atoms with E-state index in [1.54, 1.807) is 18.7 Å². The van der Waals surface area contributed by atoms with Crippen molar-refractivity contribution in [3.63, 3.8) is 0 Å². The van der Waals surface area contributed by atoms with Crippen LogP contribution in [0.4, 0.5) is 0 Å². The molecule has 0 unspecified atom stereocenters. The van der Waals surface area contributed by atoms with E-state index in [4.69, 9.17) is 0 Å². The molecule has 3 rings (SSSR count). The molecule has 1 saturated heterocycles. The molecule has 29 heavy (non-hydrogen) atoms. The summed E-state index contributed by atoms with van der Waals surface area (Å²) in [6, 6.07) is 7.57. The highest BCUT2D eigenvalue weighted by Gasteiger charge is 2.29. The summed E-state index contributed by atoms with van der Waals surface area (Å²) in [6.07, 6.45) is 1.17. The van der Waals surface area contributed by atoms with Crippen LogP contribution in [0, 0.1) is 13.8 Å². The van der Waals surface area contributed by atoms with Crippen LogP contribution in [-0.4, -0.2) is 48.6 Å². The average Bonchev–Trinajstić information content (AvgIpc) is 3.00. The number of nitrogens with one attached hydrogen (secondary N) is 2. The molecule has 8 heteroatoms. The monoisotopic (exact) mass is 418 g/mol. The van der Waals surface area contributed by atoms with Crippen molar-refractivity contribution in [2.45, 2.75) is 63.8 Å².